The fraction of sp³-hybridized carbons (Fsp3) is 0.429. The smallest absolute Gasteiger partial charge is 0.236 e. The predicted octanol–water partition coefficient (Wildman–Crippen LogP) is 1.51. The van der Waals surface area contributed by atoms with E-state index in [0.29, 0.717) is 0 Å². The molecule has 0 radical (unpaired) electrons. The minimum absolute atomic E-state index is 0.0957. The molecule has 5 nitrogen and oxygen atoms in total. The van der Waals surface area contributed by atoms with E-state index in [1.165, 1.54) is 12.1 Å². The Labute approximate surface area is 119 Å². The first-order chi connectivity index (χ1) is 9.21. The van der Waals surface area contributed by atoms with Gasteiger partial charge in [-0.2, -0.15) is 5.26 Å². The van der Waals surface area contributed by atoms with Crippen LogP contribution in [-0.2, 0) is 14.6 Å². The molecule has 20 heavy (non-hydrogen) atoms. The Balaban J connectivity index is 2.85. The zero-order valence-corrected chi connectivity index (χ0v) is 12.6. The summed E-state index contributed by atoms with van der Waals surface area (Å²) in [6.07, 6.45) is 0. The number of sulfone groups is 1. The van der Waals surface area contributed by atoms with Gasteiger partial charge in [0, 0.05) is 0 Å². The lowest BCUT2D eigenvalue weighted by Crippen LogP contribution is -2.50. The number of carbonyl (C=O) groups excluding carboxylic acids is 1. The van der Waals surface area contributed by atoms with E-state index in [4.69, 9.17) is 5.26 Å². The van der Waals surface area contributed by atoms with E-state index >= 15 is 0 Å². The van der Waals surface area contributed by atoms with Crippen molar-refractivity contribution in [2.24, 2.45) is 5.92 Å². The van der Waals surface area contributed by atoms with E-state index in [0.717, 1.165) is 0 Å². The number of amides is 1. The molecular weight excluding hydrogens is 276 g/mol. The van der Waals surface area contributed by atoms with Gasteiger partial charge in [0.15, 0.2) is 9.84 Å². The first kappa shape index (κ1) is 16.2. The summed E-state index contributed by atoms with van der Waals surface area (Å²) in [4.78, 5) is 12.0. The Morgan fingerprint density at radius 2 is 1.90 bits per heavy atom. The molecule has 1 aromatic rings. The Kier molecular flexibility index (Phi) is 4.90. The molecule has 1 aromatic carbocycles. The second-order valence-corrected chi connectivity index (χ2v) is 7.08. The quantitative estimate of drug-likeness (QED) is 0.891. The lowest BCUT2D eigenvalue weighted by Gasteiger charge is -2.27. The van der Waals surface area contributed by atoms with Gasteiger partial charge in [-0.1, -0.05) is 32.0 Å². The fourth-order valence-corrected chi connectivity index (χ4v) is 2.67. The highest BCUT2D eigenvalue weighted by molar-refractivity contribution is 7.92. The Morgan fingerprint density at radius 1 is 1.35 bits per heavy atom. The van der Waals surface area contributed by atoms with E-state index in [9.17, 15) is 13.2 Å². The third kappa shape index (κ3) is 3.81. The van der Waals surface area contributed by atoms with Crippen molar-refractivity contribution in [2.75, 3.05) is 5.75 Å². The maximum absolute atomic E-state index is 12.0. The summed E-state index contributed by atoms with van der Waals surface area (Å²) in [5, 5.41) is 11.6. The summed E-state index contributed by atoms with van der Waals surface area (Å²) in [5.41, 5.74) is -1.08. The van der Waals surface area contributed by atoms with Crippen molar-refractivity contribution in [3.63, 3.8) is 0 Å². The Hall–Kier alpha value is -1.87. The number of hydrogen-bond donors (Lipinski definition) is 1. The van der Waals surface area contributed by atoms with Gasteiger partial charge in [0.25, 0.3) is 0 Å². The van der Waals surface area contributed by atoms with Gasteiger partial charge in [-0.25, -0.2) is 8.42 Å². The molecule has 6 heteroatoms. The van der Waals surface area contributed by atoms with Crippen LogP contribution in [0.1, 0.15) is 20.8 Å². The molecule has 1 amide bonds. The van der Waals surface area contributed by atoms with Crippen LogP contribution in [-0.4, -0.2) is 25.6 Å². The van der Waals surface area contributed by atoms with E-state index in [-0.39, 0.29) is 10.8 Å². The zero-order chi connectivity index (χ0) is 15.4. The molecular formula is C14H18N2O3S. The van der Waals surface area contributed by atoms with Crippen molar-refractivity contribution in [3.8, 4) is 6.07 Å². The Bertz CT molecular complexity index is 618. The highest BCUT2D eigenvalue weighted by atomic mass is 32.2. The van der Waals surface area contributed by atoms with Crippen molar-refractivity contribution >= 4 is 15.7 Å². The summed E-state index contributed by atoms with van der Waals surface area (Å²) in [7, 11) is -3.69. The van der Waals surface area contributed by atoms with E-state index < -0.39 is 27.0 Å². The number of nitriles is 1. The summed E-state index contributed by atoms with van der Waals surface area (Å²) in [5.74, 6) is -1.47. The number of nitrogens with one attached hydrogen (secondary N) is 1. The van der Waals surface area contributed by atoms with Crippen molar-refractivity contribution in [1.82, 2.24) is 5.32 Å². The van der Waals surface area contributed by atoms with Crippen molar-refractivity contribution in [3.05, 3.63) is 30.3 Å². The lowest BCUT2D eigenvalue weighted by molar-refractivity contribution is -0.120. The molecule has 0 aliphatic heterocycles. The normalized spacial score (nSPS) is 14.3. The average molecular weight is 294 g/mol. The van der Waals surface area contributed by atoms with Gasteiger partial charge in [0.05, 0.1) is 11.0 Å². The standard InChI is InChI=1S/C14H18N2O3S/c1-11(2)14(3,10-15)16-13(17)9-20(18,19)12-7-5-4-6-8-12/h4-8,11H,9H2,1-3H3,(H,16,17). The van der Waals surface area contributed by atoms with E-state index in [2.05, 4.69) is 5.32 Å². The van der Waals surface area contributed by atoms with Crippen LogP contribution in [0.5, 0.6) is 0 Å². The molecule has 0 spiro atoms. The minimum Gasteiger partial charge on any atom is -0.337 e. The van der Waals surface area contributed by atoms with Crippen LogP contribution in [0.15, 0.2) is 35.2 Å². The molecule has 0 fully saturated rings. The third-order valence-electron chi connectivity index (χ3n) is 3.21. The molecule has 1 unspecified atom stereocenters. The highest BCUT2D eigenvalue weighted by Crippen LogP contribution is 2.16. The first-order valence-electron chi connectivity index (χ1n) is 6.21. The zero-order valence-electron chi connectivity index (χ0n) is 11.8. The number of benzene rings is 1. The molecule has 0 saturated heterocycles. The molecule has 108 valence electrons. The average Bonchev–Trinajstić information content (AvgIpc) is 2.38. The predicted molar refractivity (Wildman–Crippen MR) is 75.5 cm³/mol. The number of nitrogens with zero attached hydrogens (tertiary/aromatic N) is 1. The van der Waals surface area contributed by atoms with E-state index in [1.54, 1.807) is 39.0 Å². The third-order valence-corrected chi connectivity index (χ3v) is 4.84. The minimum atomic E-state index is -3.69. The van der Waals surface area contributed by atoms with Gasteiger partial charge in [0.2, 0.25) is 5.91 Å². The van der Waals surface area contributed by atoms with Crippen molar-refractivity contribution in [1.29, 1.82) is 5.26 Å². The number of carbonyl (C=O) groups is 1. The van der Waals surface area contributed by atoms with Crippen LogP contribution in [0.3, 0.4) is 0 Å². The van der Waals surface area contributed by atoms with Gasteiger partial charge in [-0.3, -0.25) is 4.79 Å². The van der Waals surface area contributed by atoms with Crippen LogP contribution in [0.2, 0.25) is 0 Å². The van der Waals surface area contributed by atoms with Gasteiger partial charge in [-0.05, 0) is 25.0 Å². The molecule has 1 rings (SSSR count). The molecule has 1 N–H and O–H groups in total. The fourth-order valence-electron chi connectivity index (χ4n) is 1.51. The first-order valence-corrected chi connectivity index (χ1v) is 7.86. The maximum atomic E-state index is 12.0. The van der Waals surface area contributed by atoms with Gasteiger partial charge in [-0.15, -0.1) is 0 Å². The molecule has 0 aliphatic carbocycles. The molecule has 0 heterocycles. The van der Waals surface area contributed by atoms with Crippen molar-refractivity contribution in [2.45, 2.75) is 31.2 Å². The second kappa shape index (κ2) is 6.06. The summed E-state index contributed by atoms with van der Waals surface area (Å²) < 4.78 is 24.1. The van der Waals surface area contributed by atoms with Crippen LogP contribution in [0.25, 0.3) is 0 Å². The maximum Gasteiger partial charge on any atom is 0.236 e. The largest absolute Gasteiger partial charge is 0.337 e. The molecule has 0 aromatic heterocycles. The Morgan fingerprint density at radius 3 is 2.35 bits per heavy atom. The summed E-state index contributed by atoms with van der Waals surface area (Å²) >= 11 is 0. The second-order valence-electron chi connectivity index (χ2n) is 5.09. The van der Waals surface area contributed by atoms with Crippen LogP contribution < -0.4 is 5.32 Å². The molecule has 0 bridgehead atoms. The van der Waals surface area contributed by atoms with Crippen molar-refractivity contribution < 1.29 is 13.2 Å². The van der Waals surface area contributed by atoms with Gasteiger partial charge >= 0.3 is 0 Å². The lowest BCUT2D eigenvalue weighted by atomic mass is 9.90. The van der Waals surface area contributed by atoms with Gasteiger partial charge < -0.3 is 5.32 Å². The van der Waals surface area contributed by atoms with Crippen LogP contribution >= 0.6 is 0 Å². The van der Waals surface area contributed by atoms with Crippen LogP contribution in [0.4, 0.5) is 0 Å². The molecule has 1 atom stereocenters. The monoisotopic (exact) mass is 294 g/mol. The summed E-state index contributed by atoms with van der Waals surface area (Å²) in [6, 6.07) is 9.78. The van der Waals surface area contributed by atoms with Gasteiger partial charge in [0.1, 0.15) is 11.3 Å². The van der Waals surface area contributed by atoms with E-state index in [1.807, 2.05) is 6.07 Å². The molecule has 0 aliphatic rings. The SMILES string of the molecule is CC(C)C(C)(C#N)NC(=O)CS(=O)(=O)c1ccccc1. The topological polar surface area (TPSA) is 87.0 Å². The number of rotatable bonds is 5. The number of hydrogen-bond acceptors (Lipinski definition) is 4. The highest BCUT2D eigenvalue weighted by Gasteiger charge is 2.31. The summed E-state index contributed by atoms with van der Waals surface area (Å²) in [6.45, 7) is 5.15. The molecule has 0 saturated carbocycles. The van der Waals surface area contributed by atoms with Crippen LogP contribution in [0, 0.1) is 17.2 Å².